The van der Waals surface area contributed by atoms with E-state index in [9.17, 15) is 13.2 Å². The van der Waals surface area contributed by atoms with Crippen LogP contribution in [-0.2, 0) is 26.8 Å². The third kappa shape index (κ3) is 5.17. The predicted octanol–water partition coefficient (Wildman–Crippen LogP) is 3.81. The van der Waals surface area contributed by atoms with E-state index in [1.54, 1.807) is 18.2 Å². The zero-order valence-corrected chi connectivity index (χ0v) is 16.8. The van der Waals surface area contributed by atoms with Crippen LogP contribution in [-0.4, -0.2) is 14.3 Å². The van der Waals surface area contributed by atoms with E-state index < -0.39 is 10.0 Å². The van der Waals surface area contributed by atoms with Crippen LogP contribution in [0.4, 0.5) is 5.69 Å². The van der Waals surface area contributed by atoms with Gasteiger partial charge in [0.1, 0.15) is 0 Å². The highest BCUT2D eigenvalue weighted by Gasteiger charge is 2.29. The summed E-state index contributed by atoms with van der Waals surface area (Å²) in [6.07, 6.45) is 1.89. The van der Waals surface area contributed by atoms with Gasteiger partial charge < -0.3 is 5.32 Å². The van der Waals surface area contributed by atoms with Gasteiger partial charge in [0.15, 0.2) is 0 Å². The Morgan fingerprint density at radius 3 is 2.33 bits per heavy atom. The van der Waals surface area contributed by atoms with Gasteiger partial charge in [0.2, 0.25) is 15.9 Å². The largest absolute Gasteiger partial charge is 0.326 e. The topological polar surface area (TPSA) is 75.3 Å². The van der Waals surface area contributed by atoms with Crippen molar-refractivity contribution in [3.8, 4) is 0 Å². The van der Waals surface area contributed by atoms with Crippen molar-refractivity contribution in [2.45, 2.75) is 50.5 Å². The molecule has 0 atom stereocenters. The van der Waals surface area contributed by atoms with Gasteiger partial charge in [-0.3, -0.25) is 4.79 Å². The molecule has 0 spiro atoms. The van der Waals surface area contributed by atoms with Gasteiger partial charge in [0.05, 0.1) is 4.90 Å². The summed E-state index contributed by atoms with van der Waals surface area (Å²) in [7, 11) is -3.60. The summed E-state index contributed by atoms with van der Waals surface area (Å²) in [5, 5.41) is 2.88. The molecule has 1 fully saturated rings. The minimum atomic E-state index is -3.60. The maximum atomic E-state index is 12.5. The lowest BCUT2D eigenvalue weighted by Gasteiger charge is -2.19. The highest BCUT2D eigenvalue weighted by Crippen LogP contribution is 2.30. The van der Waals surface area contributed by atoms with E-state index in [-0.39, 0.29) is 28.7 Å². The van der Waals surface area contributed by atoms with E-state index >= 15 is 0 Å². The van der Waals surface area contributed by atoms with E-state index in [0.29, 0.717) is 5.69 Å². The van der Waals surface area contributed by atoms with Crippen LogP contribution >= 0.6 is 0 Å². The summed E-state index contributed by atoms with van der Waals surface area (Å²) in [4.78, 5) is 12.1. The van der Waals surface area contributed by atoms with Crippen LogP contribution in [0.15, 0.2) is 53.4 Å². The van der Waals surface area contributed by atoms with Crippen molar-refractivity contribution in [1.82, 2.24) is 4.72 Å². The quantitative estimate of drug-likeness (QED) is 0.793. The van der Waals surface area contributed by atoms with Crippen LogP contribution in [0.25, 0.3) is 0 Å². The molecule has 2 aromatic carbocycles. The normalized spacial score (nSPS) is 14.8. The molecule has 6 heteroatoms. The number of anilines is 1. The monoisotopic (exact) mass is 386 g/mol. The predicted molar refractivity (Wildman–Crippen MR) is 107 cm³/mol. The number of carbonyl (C=O) groups excluding carboxylic acids is 1. The third-order valence-corrected chi connectivity index (χ3v) is 6.06. The van der Waals surface area contributed by atoms with E-state index in [0.717, 1.165) is 24.0 Å². The second-order valence-corrected chi connectivity index (χ2v) is 9.83. The van der Waals surface area contributed by atoms with Crippen molar-refractivity contribution < 1.29 is 13.2 Å². The zero-order chi connectivity index (χ0) is 19.7. The van der Waals surface area contributed by atoms with Crippen molar-refractivity contribution in [2.24, 2.45) is 5.92 Å². The molecular weight excluding hydrogens is 360 g/mol. The summed E-state index contributed by atoms with van der Waals surface area (Å²) in [6.45, 7) is 6.42. The Balaban J connectivity index is 1.65. The first kappa shape index (κ1) is 19.6. The van der Waals surface area contributed by atoms with Gasteiger partial charge in [0, 0.05) is 18.2 Å². The van der Waals surface area contributed by atoms with Crippen LogP contribution in [0.1, 0.15) is 44.7 Å². The Morgan fingerprint density at radius 2 is 1.74 bits per heavy atom. The Kier molecular flexibility index (Phi) is 5.40. The van der Waals surface area contributed by atoms with E-state index in [1.165, 1.54) is 0 Å². The van der Waals surface area contributed by atoms with Crippen LogP contribution in [0.2, 0.25) is 0 Å². The minimum Gasteiger partial charge on any atom is -0.326 e. The Morgan fingerprint density at radius 1 is 1.07 bits per heavy atom. The molecule has 1 amide bonds. The first-order valence-corrected chi connectivity index (χ1v) is 10.6. The Labute approximate surface area is 161 Å². The molecule has 0 heterocycles. The molecule has 0 radical (unpaired) electrons. The van der Waals surface area contributed by atoms with Crippen LogP contribution in [0, 0.1) is 5.92 Å². The smallest absolute Gasteiger partial charge is 0.240 e. The second-order valence-electron chi connectivity index (χ2n) is 8.06. The van der Waals surface area contributed by atoms with Gasteiger partial charge in [-0.1, -0.05) is 45.0 Å². The van der Waals surface area contributed by atoms with Crippen LogP contribution < -0.4 is 10.0 Å². The highest BCUT2D eigenvalue weighted by molar-refractivity contribution is 7.89. The molecule has 0 unspecified atom stereocenters. The second kappa shape index (κ2) is 7.44. The lowest BCUT2D eigenvalue weighted by atomic mass is 9.87. The molecule has 0 saturated heterocycles. The first-order chi connectivity index (χ1) is 12.6. The molecule has 5 nitrogen and oxygen atoms in total. The maximum absolute atomic E-state index is 12.5. The van der Waals surface area contributed by atoms with Crippen molar-refractivity contribution in [2.75, 3.05) is 5.32 Å². The Hall–Kier alpha value is -2.18. The molecular formula is C21H26N2O3S. The van der Waals surface area contributed by atoms with Crippen LogP contribution in [0.3, 0.4) is 0 Å². The lowest BCUT2D eigenvalue weighted by Crippen LogP contribution is -2.23. The lowest BCUT2D eigenvalue weighted by molar-refractivity contribution is -0.117. The molecule has 0 aliphatic heterocycles. The van der Waals surface area contributed by atoms with Gasteiger partial charge in [-0.2, -0.15) is 0 Å². The SMILES string of the molecule is CC(C)(C)c1ccc(S(=O)(=O)NCc2cccc(NC(=O)C3CC3)c2)cc1. The molecule has 0 aromatic heterocycles. The maximum Gasteiger partial charge on any atom is 0.240 e. The number of sulfonamides is 1. The summed E-state index contributed by atoms with van der Waals surface area (Å²) in [6, 6.07) is 14.2. The van der Waals surface area contributed by atoms with Crippen molar-refractivity contribution in [1.29, 1.82) is 0 Å². The van der Waals surface area contributed by atoms with Gasteiger partial charge in [-0.15, -0.1) is 0 Å². The van der Waals surface area contributed by atoms with E-state index in [2.05, 4.69) is 30.8 Å². The number of amides is 1. The van der Waals surface area contributed by atoms with Gasteiger partial charge in [-0.05, 0) is 53.6 Å². The van der Waals surface area contributed by atoms with Gasteiger partial charge in [0.25, 0.3) is 0 Å². The van der Waals surface area contributed by atoms with Crippen molar-refractivity contribution in [3.63, 3.8) is 0 Å². The average Bonchev–Trinajstić information content (AvgIpc) is 3.45. The molecule has 1 aliphatic carbocycles. The molecule has 144 valence electrons. The van der Waals surface area contributed by atoms with E-state index in [1.807, 2.05) is 30.3 Å². The Bertz CT molecular complexity index is 925. The van der Waals surface area contributed by atoms with Gasteiger partial charge >= 0.3 is 0 Å². The first-order valence-electron chi connectivity index (χ1n) is 9.15. The number of benzene rings is 2. The van der Waals surface area contributed by atoms with Crippen molar-refractivity contribution in [3.05, 3.63) is 59.7 Å². The highest BCUT2D eigenvalue weighted by atomic mass is 32.2. The number of rotatable bonds is 6. The third-order valence-electron chi connectivity index (χ3n) is 4.64. The average molecular weight is 387 g/mol. The molecule has 0 bridgehead atoms. The molecule has 2 N–H and O–H groups in total. The summed E-state index contributed by atoms with van der Waals surface area (Å²) in [5.41, 5.74) is 2.54. The molecule has 27 heavy (non-hydrogen) atoms. The molecule has 3 rings (SSSR count). The number of hydrogen-bond donors (Lipinski definition) is 2. The standard InChI is InChI=1S/C21H26N2O3S/c1-21(2,3)17-9-11-19(12-10-17)27(25,26)22-14-15-5-4-6-18(13-15)23-20(24)16-7-8-16/h4-6,9-13,16,22H,7-8,14H2,1-3H3,(H,23,24). The molecule has 1 aliphatic rings. The fourth-order valence-corrected chi connectivity index (χ4v) is 3.76. The number of hydrogen-bond acceptors (Lipinski definition) is 3. The van der Waals surface area contributed by atoms with Gasteiger partial charge in [-0.25, -0.2) is 13.1 Å². The fourth-order valence-electron chi connectivity index (χ4n) is 2.74. The van der Waals surface area contributed by atoms with Crippen LogP contribution in [0.5, 0.6) is 0 Å². The van der Waals surface area contributed by atoms with E-state index in [4.69, 9.17) is 0 Å². The minimum absolute atomic E-state index is 0.0267. The van der Waals surface area contributed by atoms with Crippen molar-refractivity contribution >= 4 is 21.6 Å². The molecule has 2 aromatic rings. The fraction of sp³-hybridized carbons (Fsp3) is 0.381. The summed E-state index contributed by atoms with van der Waals surface area (Å²) < 4.78 is 27.7. The summed E-state index contributed by atoms with van der Waals surface area (Å²) in [5.74, 6) is 0.162. The number of nitrogens with one attached hydrogen (secondary N) is 2. The zero-order valence-electron chi connectivity index (χ0n) is 16.0. The number of carbonyl (C=O) groups is 1. The summed E-state index contributed by atoms with van der Waals surface area (Å²) >= 11 is 0. The molecule has 1 saturated carbocycles.